The van der Waals surface area contributed by atoms with Crippen molar-refractivity contribution in [2.45, 2.75) is 26.7 Å². The smallest absolute Gasteiger partial charge is 0.353 e. The van der Waals surface area contributed by atoms with Gasteiger partial charge in [0, 0.05) is 25.0 Å². The number of nitrogens with zero attached hydrogens (tertiary/aromatic N) is 2. The van der Waals surface area contributed by atoms with E-state index in [1.54, 1.807) is 5.38 Å². The minimum absolute atomic E-state index is 0.0359. The number of piperidine rings is 1. The molecular formula is C21H29N5O5S. The van der Waals surface area contributed by atoms with Crippen molar-refractivity contribution in [3.05, 3.63) is 35.6 Å². The molecule has 11 heteroatoms. The average Bonchev–Trinajstić information content (AvgIpc) is 3.27. The molecule has 1 atom stereocenters. The third-order valence-electron chi connectivity index (χ3n) is 4.71. The van der Waals surface area contributed by atoms with Crippen LogP contribution < -0.4 is 20.9 Å². The van der Waals surface area contributed by atoms with Gasteiger partial charge in [0.2, 0.25) is 5.91 Å². The van der Waals surface area contributed by atoms with Crippen LogP contribution in [0.25, 0.3) is 0 Å². The highest BCUT2D eigenvalue weighted by Crippen LogP contribution is 2.26. The molecule has 1 saturated heterocycles. The van der Waals surface area contributed by atoms with E-state index in [0.29, 0.717) is 24.1 Å². The lowest BCUT2D eigenvalue weighted by atomic mass is 9.97. The van der Waals surface area contributed by atoms with E-state index >= 15 is 0 Å². The number of amides is 3. The fraction of sp³-hybridized carbons (Fsp3) is 0.476. The number of nitrogens with one attached hydrogen (secondary N) is 3. The van der Waals surface area contributed by atoms with Crippen molar-refractivity contribution in [2.24, 2.45) is 11.8 Å². The first-order valence-electron chi connectivity index (χ1n) is 10.2. The molecule has 1 aromatic heterocycles. The standard InChI is InChI=1S/C21H29N5O5S/c1-12(2)9-22-18(28)15-7-6-8-26(10-15)21-25-16(11-32-21)19(29)23-13(3)17(27)24-14(4)20(30)31-5/h11-12,15H,3-4,6-10H2,1-2,5H3,(H,22,28)(H,23,29)(H,24,27). The molecule has 3 amide bonds. The van der Waals surface area contributed by atoms with Crippen LogP contribution in [0.1, 0.15) is 37.2 Å². The molecule has 1 aliphatic rings. The van der Waals surface area contributed by atoms with Crippen LogP contribution in [0.4, 0.5) is 5.13 Å². The summed E-state index contributed by atoms with van der Waals surface area (Å²) in [5.74, 6) is -1.92. The summed E-state index contributed by atoms with van der Waals surface area (Å²) < 4.78 is 4.44. The first-order chi connectivity index (χ1) is 15.1. The molecule has 1 fully saturated rings. The molecular weight excluding hydrogens is 434 g/mol. The van der Waals surface area contributed by atoms with Gasteiger partial charge in [0.05, 0.1) is 18.7 Å². The number of thiazole rings is 1. The van der Waals surface area contributed by atoms with Gasteiger partial charge in [-0.2, -0.15) is 0 Å². The summed E-state index contributed by atoms with van der Waals surface area (Å²) in [6, 6.07) is 0. The highest BCUT2D eigenvalue weighted by Gasteiger charge is 2.28. The fourth-order valence-electron chi connectivity index (χ4n) is 2.97. The molecule has 10 nitrogen and oxygen atoms in total. The van der Waals surface area contributed by atoms with Crippen LogP contribution >= 0.6 is 11.3 Å². The first-order valence-corrected chi connectivity index (χ1v) is 11.1. The van der Waals surface area contributed by atoms with Gasteiger partial charge < -0.3 is 25.6 Å². The maximum atomic E-state index is 12.4. The van der Waals surface area contributed by atoms with Crippen LogP contribution in [-0.2, 0) is 19.1 Å². The molecule has 2 rings (SSSR count). The molecule has 0 aromatic carbocycles. The lowest BCUT2D eigenvalue weighted by molar-refractivity contribution is -0.137. The molecule has 0 aliphatic carbocycles. The summed E-state index contributed by atoms with van der Waals surface area (Å²) in [7, 11) is 1.15. The van der Waals surface area contributed by atoms with Crippen LogP contribution in [0, 0.1) is 11.8 Å². The first kappa shape index (κ1) is 25.1. The minimum Gasteiger partial charge on any atom is -0.464 e. The third kappa shape index (κ3) is 6.91. The Morgan fingerprint density at radius 2 is 1.97 bits per heavy atom. The highest BCUT2D eigenvalue weighted by atomic mass is 32.1. The largest absolute Gasteiger partial charge is 0.464 e. The van der Waals surface area contributed by atoms with Gasteiger partial charge in [0.25, 0.3) is 11.8 Å². The summed E-state index contributed by atoms with van der Waals surface area (Å²) in [4.78, 5) is 54.5. The van der Waals surface area contributed by atoms with Gasteiger partial charge in [-0.15, -0.1) is 11.3 Å². The summed E-state index contributed by atoms with van der Waals surface area (Å²) in [6.45, 7) is 12.9. The van der Waals surface area contributed by atoms with Gasteiger partial charge >= 0.3 is 5.97 Å². The second kappa shape index (κ2) is 11.4. The van der Waals surface area contributed by atoms with E-state index in [9.17, 15) is 19.2 Å². The van der Waals surface area contributed by atoms with Crippen molar-refractivity contribution in [2.75, 3.05) is 31.6 Å². The number of carbonyl (C=O) groups is 4. The quantitative estimate of drug-likeness (QED) is 0.370. The zero-order valence-corrected chi connectivity index (χ0v) is 19.3. The van der Waals surface area contributed by atoms with Crippen LogP contribution in [-0.4, -0.2) is 55.4 Å². The van der Waals surface area contributed by atoms with E-state index in [0.717, 1.165) is 26.5 Å². The predicted octanol–water partition coefficient (Wildman–Crippen LogP) is 1.18. The van der Waals surface area contributed by atoms with Gasteiger partial charge in [-0.05, 0) is 18.8 Å². The molecule has 2 heterocycles. The van der Waals surface area contributed by atoms with Crippen molar-refractivity contribution in [3.8, 4) is 0 Å². The van der Waals surface area contributed by atoms with E-state index in [2.05, 4.69) is 38.8 Å². The van der Waals surface area contributed by atoms with E-state index in [4.69, 9.17) is 0 Å². The number of carbonyl (C=O) groups excluding carboxylic acids is 4. The molecule has 1 aromatic rings. The number of anilines is 1. The zero-order valence-electron chi connectivity index (χ0n) is 18.5. The Hall–Kier alpha value is -3.21. The number of ether oxygens (including phenoxy) is 1. The molecule has 1 aliphatic heterocycles. The number of esters is 1. The molecule has 3 N–H and O–H groups in total. The lowest BCUT2D eigenvalue weighted by Gasteiger charge is -2.31. The lowest BCUT2D eigenvalue weighted by Crippen LogP contribution is -2.43. The number of aromatic nitrogens is 1. The topological polar surface area (TPSA) is 130 Å². The number of hydrogen-bond donors (Lipinski definition) is 3. The molecule has 1 unspecified atom stereocenters. The van der Waals surface area contributed by atoms with Crippen LogP contribution in [0.3, 0.4) is 0 Å². The van der Waals surface area contributed by atoms with Gasteiger partial charge in [0.1, 0.15) is 11.4 Å². The molecule has 32 heavy (non-hydrogen) atoms. The zero-order chi connectivity index (χ0) is 23.8. The van der Waals surface area contributed by atoms with Crippen LogP contribution in [0.2, 0.25) is 0 Å². The van der Waals surface area contributed by atoms with Crippen molar-refractivity contribution >= 4 is 40.2 Å². The van der Waals surface area contributed by atoms with Crippen molar-refractivity contribution < 1.29 is 23.9 Å². The van der Waals surface area contributed by atoms with Gasteiger partial charge in [-0.25, -0.2) is 9.78 Å². The van der Waals surface area contributed by atoms with Crippen molar-refractivity contribution in [1.29, 1.82) is 0 Å². The molecule has 174 valence electrons. The van der Waals surface area contributed by atoms with Crippen LogP contribution in [0.5, 0.6) is 0 Å². The average molecular weight is 464 g/mol. The van der Waals surface area contributed by atoms with Crippen LogP contribution in [0.15, 0.2) is 29.9 Å². The summed E-state index contributed by atoms with van der Waals surface area (Å²) in [6.07, 6.45) is 1.66. The second-order valence-corrected chi connectivity index (χ2v) is 8.63. The monoisotopic (exact) mass is 463 g/mol. The number of rotatable bonds is 9. The summed E-state index contributed by atoms with van der Waals surface area (Å²) in [5, 5.41) is 9.72. The SMILES string of the molecule is C=C(NC(=O)c1csc(N2CCCC(C(=O)NCC(C)C)C2)n1)C(=O)NC(=C)C(=O)OC. The molecule has 0 saturated carbocycles. The normalized spacial score (nSPS) is 15.6. The van der Waals surface area contributed by atoms with Gasteiger partial charge in [0.15, 0.2) is 5.13 Å². The Labute approximate surface area is 191 Å². The molecule has 0 radical (unpaired) electrons. The maximum absolute atomic E-state index is 12.4. The second-order valence-electron chi connectivity index (χ2n) is 7.80. The Morgan fingerprint density at radius 3 is 2.62 bits per heavy atom. The fourth-order valence-corrected chi connectivity index (χ4v) is 3.82. The third-order valence-corrected chi connectivity index (χ3v) is 5.61. The predicted molar refractivity (Wildman–Crippen MR) is 121 cm³/mol. The Kier molecular flexibility index (Phi) is 8.94. The number of methoxy groups -OCH3 is 1. The van der Waals surface area contributed by atoms with E-state index in [1.807, 2.05) is 18.7 Å². The van der Waals surface area contributed by atoms with Gasteiger partial charge in [-0.1, -0.05) is 27.0 Å². The summed E-state index contributed by atoms with van der Waals surface area (Å²) in [5.41, 5.74) is -0.424. The molecule has 0 bridgehead atoms. The van der Waals surface area contributed by atoms with E-state index < -0.39 is 17.8 Å². The van der Waals surface area contributed by atoms with Crippen molar-refractivity contribution in [3.63, 3.8) is 0 Å². The Bertz CT molecular complexity index is 910. The highest BCUT2D eigenvalue weighted by molar-refractivity contribution is 7.13. The molecule has 0 spiro atoms. The van der Waals surface area contributed by atoms with E-state index in [-0.39, 0.29) is 28.9 Å². The number of hydrogen-bond acceptors (Lipinski definition) is 8. The Balaban J connectivity index is 1.93. The maximum Gasteiger partial charge on any atom is 0.353 e. The van der Waals surface area contributed by atoms with E-state index in [1.165, 1.54) is 11.3 Å². The van der Waals surface area contributed by atoms with Gasteiger partial charge in [-0.3, -0.25) is 14.4 Å². The minimum atomic E-state index is -0.806. The summed E-state index contributed by atoms with van der Waals surface area (Å²) >= 11 is 1.29. The Morgan fingerprint density at radius 1 is 1.25 bits per heavy atom. The van der Waals surface area contributed by atoms with Crippen molar-refractivity contribution in [1.82, 2.24) is 20.9 Å².